The van der Waals surface area contributed by atoms with Gasteiger partial charge in [-0.05, 0) is 31.6 Å². The van der Waals surface area contributed by atoms with Gasteiger partial charge >= 0.3 is 5.97 Å². The molecule has 0 saturated heterocycles. The van der Waals surface area contributed by atoms with Crippen LogP contribution in [0, 0.1) is 5.92 Å². The number of carboxylic acid groups (broad SMARTS) is 1. The molecule has 1 unspecified atom stereocenters. The first kappa shape index (κ1) is 14.3. The molecule has 2 rings (SSSR count). The molecule has 1 atom stereocenters. The number of nitrogens with two attached hydrogens (primary N) is 1. The van der Waals surface area contributed by atoms with Gasteiger partial charge in [-0.25, -0.2) is 4.98 Å². The van der Waals surface area contributed by atoms with Crippen LogP contribution in [0.1, 0.15) is 44.3 Å². The number of rotatable bonds is 4. The zero-order chi connectivity index (χ0) is 14.0. The van der Waals surface area contributed by atoms with Crippen LogP contribution in [0.2, 0.25) is 0 Å². The van der Waals surface area contributed by atoms with E-state index in [-0.39, 0.29) is 0 Å². The summed E-state index contributed by atoms with van der Waals surface area (Å²) in [6, 6.07) is -0.513. The van der Waals surface area contributed by atoms with E-state index < -0.39 is 12.0 Å². The zero-order valence-corrected chi connectivity index (χ0v) is 12.2. The Hall–Kier alpha value is -1.14. The lowest BCUT2D eigenvalue weighted by Crippen LogP contribution is -2.34. The molecule has 1 aromatic rings. The Labute approximate surface area is 117 Å². The van der Waals surface area contributed by atoms with Crippen LogP contribution in [0.15, 0.2) is 5.38 Å². The predicted molar refractivity (Wildman–Crippen MR) is 76.5 cm³/mol. The molecule has 0 bridgehead atoms. The predicted octanol–water partition coefficient (Wildman–Crippen LogP) is 2.24. The first-order valence-electron chi connectivity index (χ1n) is 6.65. The third kappa shape index (κ3) is 3.25. The molecule has 0 radical (unpaired) electrons. The number of aromatic nitrogens is 1. The quantitative estimate of drug-likeness (QED) is 0.886. The Balaban J connectivity index is 2.03. The van der Waals surface area contributed by atoms with Crippen LogP contribution in [0.25, 0.3) is 0 Å². The van der Waals surface area contributed by atoms with Crippen molar-refractivity contribution in [2.45, 2.75) is 44.7 Å². The molecule has 1 heterocycles. The number of aliphatic carboxylic acids is 1. The van der Waals surface area contributed by atoms with Crippen molar-refractivity contribution in [3.05, 3.63) is 11.1 Å². The minimum absolute atomic E-state index is 0.448. The molecule has 1 aliphatic carbocycles. The lowest BCUT2D eigenvalue weighted by atomic mass is 9.87. The standard InChI is InChI=1S/C13H21N3O2S/c1-8-3-5-9(6-4-8)16(2)13-15-10(7-19-13)11(14)12(17)18/h7-9,11H,3-6,14H2,1-2H3,(H,17,18). The molecule has 1 aromatic heterocycles. The van der Waals surface area contributed by atoms with Crippen molar-refractivity contribution in [1.29, 1.82) is 0 Å². The van der Waals surface area contributed by atoms with E-state index in [1.165, 1.54) is 37.0 Å². The van der Waals surface area contributed by atoms with Gasteiger partial charge in [-0.3, -0.25) is 4.79 Å². The van der Waals surface area contributed by atoms with Crippen LogP contribution in [0.4, 0.5) is 5.13 Å². The maximum absolute atomic E-state index is 10.8. The molecule has 5 nitrogen and oxygen atoms in total. The molecule has 19 heavy (non-hydrogen) atoms. The van der Waals surface area contributed by atoms with Crippen molar-refractivity contribution in [3.63, 3.8) is 0 Å². The Morgan fingerprint density at radius 1 is 1.53 bits per heavy atom. The molecule has 1 fully saturated rings. The highest BCUT2D eigenvalue weighted by Crippen LogP contribution is 2.31. The highest BCUT2D eigenvalue weighted by molar-refractivity contribution is 7.13. The molecule has 0 amide bonds. The van der Waals surface area contributed by atoms with Gasteiger partial charge in [0.2, 0.25) is 0 Å². The van der Waals surface area contributed by atoms with Crippen molar-refractivity contribution in [3.8, 4) is 0 Å². The molecule has 0 aromatic carbocycles. The van der Waals surface area contributed by atoms with Gasteiger partial charge in [0, 0.05) is 18.5 Å². The molecule has 3 N–H and O–H groups in total. The van der Waals surface area contributed by atoms with Gasteiger partial charge in [-0.1, -0.05) is 6.92 Å². The van der Waals surface area contributed by atoms with Crippen molar-refractivity contribution < 1.29 is 9.90 Å². The van der Waals surface area contributed by atoms with E-state index in [2.05, 4.69) is 16.8 Å². The van der Waals surface area contributed by atoms with Gasteiger partial charge in [0.25, 0.3) is 0 Å². The largest absolute Gasteiger partial charge is 0.480 e. The molecule has 106 valence electrons. The van der Waals surface area contributed by atoms with Crippen molar-refractivity contribution in [1.82, 2.24) is 4.98 Å². The smallest absolute Gasteiger partial charge is 0.326 e. The average molecular weight is 283 g/mol. The summed E-state index contributed by atoms with van der Waals surface area (Å²) in [7, 11) is 2.04. The second-order valence-electron chi connectivity index (χ2n) is 5.40. The van der Waals surface area contributed by atoms with Gasteiger partial charge in [0.15, 0.2) is 5.13 Å². The summed E-state index contributed by atoms with van der Waals surface area (Å²) in [6.07, 6.45) is 4.86. The van der Waals surface area contributed by atoms with Gasteiger partial charge in [-0.2, -0.15) is 0 Å². The number of hydrogen-bond donors (Lipinski definition) is 2. The van der Waals surface area contributed by atoms with E-state index in [1.54, 1.807) is 5.38 Å². The normalized spacial score (nSPS) is 25.0. The number of hydrogen-bond acceptors (Lipinski definition) is 5. The molecule has 1 aliphatic rings. The van der Waals surface area contributed by atoms with Crippen LogP contribution in [-0.4, -0.2) is 29.1 Å². The average Bonchev–Trinajstić information content (AvgIpc) is 2.87. The fourth-order valence-corrected chi connectivity index (χ4v) is 3.39. The van der Waals surface area contributed by atoms with Gasteiger partial charge in [-0.15, -0.1) is 11.3 Å². The summed E-state index contributed by atoms with van der Waals surface area (Å²) >= 11 is 1.47. The fourth-order valence-electron chi connectivity index (χ4n) is 2.49. The van der Waals surface area contributed by atoms with Crippen molar-refractivity contribution in [2.75, 3.05) is 11.9 Å². The van der Waals surface area contributed by atoms with E-state index >= 15 is 0 Å². The number of nitrogens with zero attached hydrogens (tertiary/aromatic N) is 2. The van der Waals surface area contributed by atoms with Gasteiger partial charge in [0.05, 0.1) is 5.69 Å². The van der Waals surface area contributed by atoms with E-state index in [0.29, 0.717) is 11.7 Å². The molecule has 0 aliphatic heterocycles. The van der Waals surface area contributed by atoms with Crippen LogP contribution in [0.5, 0.6) is 0 Å². The summed E-state index contributed by atoms with van der Waals surface area (Å²) in [5.74, 6) is -0.220. The Morgan fingerprint density at radius 2 is 2.16 bits per heavy atom. The maximum atomic E-state index is 10.8. The fraction of sp³-hybridized carbons (Fsp3) is 0.692. The maximum Gasteiger partial charge on any atom is 0.326 e. The SMILES string of the molecule is CC1CCC(N(C)c2nc(C(N)C(=O)O)cs2)CC1. The first-order chi connectivity index (χ1) is 8.99. The third-order valence-electron chi connectivity index (χ3n) is 3.93. The minimum Gasteiger partial charge on any atom is -0.480 e. The van der Waals surface area contributed by atoms with Crippen molar-refractivity contribution >= 4 is 22.4 Å². The molecule has 1 saturated carbocycles. The van der Waals surface area contributed by atoms with E-state index in [1.807, 2.05) is 7.05 Å². The van der Waals surface area contributed by atoms with Gasteiger partial charge in [0.1, 0.15) is 6.04 Å². The first-order valence-corrected chi connectivity index (χ1v) is 7.53. The summed E-state index contributed by atoms with van der Waals surface area (Å²) < 4.78 is 0. The summed E-state index contributed by atoms with van der Waals surface area (Å²) in [6.45, 7) is 2.30. The van der Waals surface area contributed by atoms with E-state index in [9.17, 15) is 4.79 Å². The number of carboxylic acids is 1. The van der Waals surface area contributed by atoms with Crippen molar-refractivity contribution in [2.24, 2.45) is 11.7 Å². The van der Waals surface area contributed by atoms with Crippen LogP contribution in [0.3, 0.4) is 0 Å². The molecular weight excluding hydrogens is 262 g/mol. The van der Waals surface area contributed by atoms with Crippen LogP contribution in [-0.2, 0) is 4.79 Å². The lowest BCUT2D eigenvalue weighted by molar-refractivity contribution is -0.138. The highest BCUT2D eigenvalue weighted by Gasteiger charge is 2.25. The number of carbonyl (C=O) groups is 1. The van der Waals surface area contributed by atoms with E-state index in [0.717, 1.165) is 11.0 Å². The Bertz CT molecular complexity index is 441. The summed E-state index contributed by atoms with van der Waals surface area (Å²) in [5.41, 5.74) is 6.02. The second-order valence-corrected chi connectivity index (χ2v) is 6.23. The number of thiazole rings is 1. The minimum atomic E-state index is -1.04. The highest BCUT2D eigenvalue weighted by atomic mass is 32.1. The Morgan fingerprint density at radius 3 is 2.74 bits per heavy atom. The topological polar surface area (TPSA) is 79.5 Å². The third-order valence-corrected chi connectivity index (χ3v) is 4.88. The molecule has 6 heteroatoms. The Kier molecular flexibility index (Phi) is 4.42. The molecule has 0 spiro atoms. The van der Waals surface area contributed by atoms with Crippen LogP contribution < -0.4 is 10.6 Å². The van der Waals surface area contributed by atoms with Gasteiger partial charge < -0.3 is 15.7 Å². The number of anilines is 1. The lowest BCUT2D eigenvalue weighted by Gasteiger charge is -2.33. The van der Waals surface area contributed by atoms with Crippen LogP contribution >= 0.6 is 11.3 Å². The van der Waals surface area contributed by atoms with E-state index in [4.69, 9.17) is 10.8 Å². The molecular formula is C13H21N3O2S. The summed E-state index contributed by atoms with van der Waals surface area (Å²) in [5, 5.41) is 11.5. The zero-order valence-electron chi connectivity index (χ0n) is 11.4. The summed E-state index contributed by atoms with van der Waals surface area (Å²) in [4.78, 5) is 17.4. The second kappa shape index (κ2) is 5.88. The monoisotopic (exact) mass is 283 g/mol.